The summed E-state index contributed by atoms with van der Waals surface area (Å²) in [6.07, 6.45) is 0. The summed E-state index contributed by atoms with van der Waals surface area (Å²) in [6.45, 7) is 4.23. The summed E-state index contributed by atoms with van der Waals surface area (Å²) in [5.74, 6) is 2.34. The van der Waals surface area contributed by atoms with Crippen LogP contribution in [0.5, 0.6) is 5.75 Å². The Kier molecular flexibility index (Phi) is 3.62. The molecule has 0 saturated carbocycles. The molecule has 0 bridgehead atoms. The highest BCUT2D eigenvalue weighted by Crippen LogP contribution is 2.43. The molecule has 0 amide bonds. The van der Waals surface area contributed by atoms with E-state index in [1.165, 1.54) is 0 Å². The average molecular weight is 314 g/mol. The fraction of sp³-hybridized carbons (Fsp3) is 0.500. The molecule has 2 atom stereocenters. The molecule has 0 radical (unpaired) electrons. The number of pyridine rings is 1. The molecule has 1 aromatic carbocycles. The highest BCUT2D eigenvalue weighted by Gasteiger charge is 2.51. The Balaban J connectivity index is 1.68. The largest absolute Gasteiger partial charge is 0.494 e. The zero-order valence-corrected chi connectivity index (χ0v) is 13.6. The van der Waals surface area contributed by atoms with Crippen molar-refractivity contribution in [2.75, 3.05) is 52.0 Å². The lowest BCUT2D eigenvalue weighted by molar-refractivity contribution is 0.0660. The number of hydrogen-bond donors (Lipinski definition) is 0. The van der Waals surface area contributed by atoms with Gasteiger partial charge in [0.1, 0.15) is 17.1 Å². The number of anilines is 1. The number of para-hydroxylation sites is 1. The van der Waals surface area contributed by atoms with Crippen molar-refractivity contribution in [1.82, 2.24) is 4.98 Å². The highest BCUT2D eigenvalue weighted by atomic mass is 16.5. The Morgan fingerprint density at radius 1 is 1.30 bits per heavy atom. The van der Waals surface area contributed by atoms with Crippen LogP contribution in [-0.2, 0) is 9.47 Å². The quantitative estimate of drug-likeness (QED) is 0.867. The van der Waals surface area contributed by atoms with E-state index in [0.717, 1.165) is 55.4 Å². The van der Waals surface area contributed by atoms with Gasteiger partial charge in [0.05, 0.1) is 26.9 Å². The van der Waals surface area contributed by atoms with Gasteiger partial charge in [0.15, 0.2) is 0 Å². The Bertz CT molecular complexity index is 720. The lowest BCUT2D eigenvalue weighted by atomic mass is 9.82. The van der Waals surface area contributed by atoms with Crippen LogP contribution in [0.4, 0.5) is 5.82 Å². The van der Waals surface area contributed by atoms with Gasteiger partial charge in [-0.15, -0.1) is 0 Å². The van der Waals surface area contributed by atoms with Crippen molar-refractivity contribution < 1.29 is 14.2 Å². The number of nitrogens with zero attached hydrogens (tertiary/aromatic N) is 2. The van der Waals surface area contributed by atoms with E-state index in [2.05, 4.69) is 23.1 Å². The summed E-state index contributed by atoms with van der Waals surface area (Å²) in [7, 11) is 3.46. The van der Waals surface area contributed by atoms with Crippen LogP contribution < -0.4 is 9.64 Å². The molecular formula is C18H22N2O3. The van der Waals surface area contributed by atoms with Crippen molar-refractivity contribution in [1.29, 1.82) is 0 Å². The van der Waals surface area contributed by atoms with Gasteiger partial charge in [0.25, 0.3) is 0 Å². The topological polar surface area (TPSA) is 43.8 Å². The van der Waals surface area contributed by atoms with E-state index < -0.39 is 0 Å². The van der Waals surface area contributed by atoms with Gasteiger partial charge in [-0.3, -0.25) is 0 Å². The fourth-order valence-corrected chi connectivity index (χ4v) is 3.95. The molecule has 2 aromatic rings. The first-order valence-electron chi connectivity index (χ1n) is 8.01. The van der Waals surface area contributed by atoms with Gasteiger partial charge in [0, 0.05) is 36.9 Å². The summed E-state index contributed by atoms with van der Waals surface area (Å²) in [4.78, 5) is 7.23. The zero-order chi connectivity index (χ0) is 15.9. The van der Waals surface area contributed by atoms with Gasteiger partial charge in [-0.1, -0.05) is 12.1 Å². The maximum atomic E-state index is 5.71. The van der Waals surface area contributed by atoms with Crippen LogP contribution in [0.1, 0.15) is 0 Å². The molecule has 2 saturated heterocycles. The predicted molar refractivity (Wildman–Crippen MR) is 89.1 cm³/mol. The van der Waals surface area contributed by atoms with Gasteiger partial charge in [0.2, 0.25) is 0 Å². The normalized spacial score (nSPS) is 26.7. The molecule has 1 aromatic heterocycles. The summed E-state index contributed by atoms with van der Waals surface area (Å²) in [5.41, 5.74) is 1.02. The standard InChI is InChI=1S/C18H22N2O3/c1-21-11-18-10-20(8-14(18)9-23-12-18)16-7-6-13-4-3-5-15(22-2)17(13)19-16/h3-7,14H,8-12H2,1-2H3/t14-,18-/m0/s1. The maximum Gasteiger partial charge on any atom is 0.145 e. The monoisotopic (exact) mass is 314 g/mol. The van der Waals surface area contributed by atoms with Crippen molar-refractivity contribution >= 4 is 16.7 Å². The molecule has 5 heteroatoms. The SMILES string of the molecule is COC[C@@]12COC[C@@H]1CN(c1ccc3cccc(OC)c3n1)C2. The van der Waals surface area contributed by atoms with Crippen LogP contribution in [0, 0.1) is 11.3 Å². The Labute approximate surface area is 136 Å². The smallest absolute Gasteiger partial charge is 0.145 e. The molecule has 3 heterocycles. The van der Waals surface area contributed by atoms with Crippen molar-refractivity contribution in [2.24, 2.45) is 11.3 Å². The summed E-state index contributed by atoms with van der Waals surface area (Å²) < 4.78 is 16.6. The number of ether oxygens (including phenoxy) is 3. The van der Waals surface area contributed by atoms with Crippen LogP contribution in [0.15, 0.2) is 30.3 Å². The van der Waals surface area contributed by atoms with Gasteiger partial charge >= 0.3 is 0 Å². The van der Waals surface area contributed by atoms with Crippen molar-refractivity contribution in [3.05, 3.63) is 30.3 Å². The van der Waals surface area contributed by atoms with E-state index >= 15 is 0 Å². The number of methoxy groups -OCH3 is 2. The average Bonchev–Trinajstić information content (AvgIpc) is 3.11. The molecule has 122 valence electrons. The molecule has 2 aliphatic heterocycles. The Hall–Kier alpha value is -1.85. The van der Waals surface area contributed by atoms with Crippen LogP contribution in [0.2, 0.25) is 0 Å². The van der Waals surface area contributed by atoms with E-state index in [4.69, 9.17) is 19.2 Å². The molecule has 0 unspecified atom stereocenters. The molecule has 23 heavy (non-hydrogen) atoms. The lowest BCUT2D eigenvalue weighted by Crippen LogP contribution is -2.35. The minimum absolute atomic E-state index is 0.103. The number of fused-ring (bicyclic) bond motifs is 2. The first kappa shape index (κ1) is 14.7. The van der Waals surface area contributed by atoms with E-state index in [0.29, 0.717) is 5.92 Å². The first-order chi connectivity index (χ1) is 11.3. The van der Waals surface area contributed by atoms with E-state index in [-0.39, 0.29) is 5.41 Å². The minimum Gasteiger partial charge on any atom is -0.494 e. The summed E-state index contributed by atoms with van der Waals surface area (Å²) >= 11 is 0. The number of benzene rings is 1. The third-order valence-electron chi connectivity index (χ3n) is 5.17. The second-order valence-corrected chi connectivity index (χ2v) is 6.59. The number of hydrogen-bond acceptors (Lipinski definition) is 5. The molecule has 0 spiro atoms. The van der Waals surface area contributed by atoms with Gasteiger partial charge in [-0.2, -0.15) is 0 Å². The minimum atomic E-state index is 0.103. The highest BCUT2D eigenvalue weighted by molar-refractivity contribution is 5.86. The van der Waals surface area contributed by atoms with Crippen LogP contribution in [-0.4, -0.2) is 52.1 Å². The third kappa shape index (κ3) is 2.35. The molecule has 5 nitrogen and oxygen atoms in total. The van der Waals surface area contributed by atoms with Crippen LogP contribution in [0.25, 0.3) is 10.9 Å². The fourth-order valence-electron chi connectivity index (χ4n) is 3.95. The second kappa shape index (κ2) is 5.65. The summed E-state index contributed by atoms with van der Waals surface area (Å²) in [6, 6.07) is 10.2. The van der Waals surface area contributed by atoms with E-state index in [1.807, 2.05) is 12.1 Å². The Morgan fingerprint density at radius 2 is 2.22 bits per heavy atom. The van der Waals surface area contributed by atoms with Crippen LogP contribution in [0.3, 0.4) is 0 Å². The summed E-state index contributed by atoms with van der Waals surface area (Å²) in [5, 5.41) is 1.10. The molecule has 0 aliphatic carbocycles. The zero-order valence-electron chi connectivity index (χ0n) is 13.6. The maximum absolute atomic E-state index is 5.71. The van der Waals surface area contributed by atoms with Gasteiger partial charge in [-0.25, -0.2) is 4.98 Å². The molecule has 2 aliphatic rings. The van der Waals surface area contributed by atoms with Gasteiger partial charge in [-0.05, 0) is 18.2 Å². The molecule has 4 rings (SSSR count). The van der Waals surface area contributed by atoms with Crippen LogP contribution >= 0.6 is 0 Å². The molecule has 2 fully saturated rings. The first-order valence-corrected chi connectivity index (χ1v) is 8.01. The van der Waals surface area contributed by atoms with E-state index in [1.54, 1.807) is 14.2 Å². The molecular weight excluding hydrogens is 292 g/mol. The van der Waals surface area contributed by atoms with Crippen molar-refractivity contribution in [3.8, 4) is 5.75 Å². The predicted octanol–water partition coefficient (Wildman–Crippen LogP) is 2.34. The second-order valence-electron chi connectivity index (χ2n) is 6.59. The van der Waals surface area contributed by atoms with Gasteiger partial charge < -0.3 is 19.1 Å². The van der Waals surface area contributed by atoms with E-state index in [9.17, 15) is 0 Å². The third-order valence-corrected chi connectivity index (χ3v) is 5.17. The molecule has 0 N–H and O–H groups in total. The number of rotatable bonds is 4. The van der Waals surface area contributed by atoms with Crippen molar-refractivity contribution in [3.63, 3.8) is 0 Å². The Morgan fingerprint density at radius 3 is 3.04 bits per heavy atom. The van der Waals surface area contributed by atoms with Crippen molar-refractivity contribution in [2.45, 2.75) is 0 Å². The number of aromatic nitrogens is 1. The lowest BCUT2D eigenvalue weighted by Gasteiger charge is -2.26.